The highest BCUT2D eigenvalue weighted by atomic mass is 16.7. The van der Waals surface area contributed by atoms with Crippen molar-refractivity contribution < 1.29 is 23.8 Å². The quantitative estimate of drug-likeness (QED) is 0.613. The maximum atomic E-state index is 12.1. The van der Waals surface area contributed by atoms with Gasteiger partial charge in [-0.2, -0.15) is 0 Å². The summed E-state index contributed by atoms with van der Waals surface area (Å²) in [7, 11) is 0. The van der Waals surface area contributed by atoms with Crippen molar-refractivity contribution in [3.63, 3.8) is 0 Å². The van der Waals surface area contributed by atoms with Crippen LogP contribution in [0, 0.1) is 13.8 Å². The summed E-state index contributed by atoms with van der Waals surface area (Å²) in [5.41, 5.74) is 7.51. The van der Waals surface area contributed by atoms with E-state index in [1.165, 1.54) is 6.08 Å². The van der Waals surface area contributed by atoms with Gasteiger partial charge in [-0.3, -0.25) is 20.4 Å². The van der Waals surface area contributed by atoms with Crippen molar-refractivity contribution >= 4 is 17.9 Å². The third-order valence-corrected chi connectivity index (χ3v) is 4.36. The van der Waals surface area contributed by atoms with Gasteiger partial charge in [-0.05, 0) is 61.7 Å². The van der Waals surface area contributed by atoms with Crippen LogP contribution < -0.4 is 25.1 Å². The molecule has 1 atom stereocenters. The van der Waals surface area contributed by atoms with Crippen LogP contribution in [0.15, 0.2) is 42.5 Å². The number of aryl methyl sites for hydroxylation is 1. The Bertz CT molecular complexity index is 923. The zero-order chi connectivity index (χ0) is 20.1. The molecule has 0 bridgehead atoms. The average molecular weight is 382 g/mol. The van der Waals surface area contributed by atoms with E-state index in [1.807, 2.05) is 26.0 Å². The van der Waals surface area contributed by atoms with Gasteiger partial charge in [-0.1, -0.05) is 18.2 Å². The van der Waals surface area contributed by atoms with E-state index < -0.39 is 17.9 Å². The number of amides is 2. The summed E-state index contributed by atoms with van der Waals surface area (Å²) < 4.78 is 16.2. The molecule has 0 saturated heterocycles. The smallest absolute Gasteiger partial charge is 0.279 e. The lowest BCUT2D eigenvalue weighted by Gasteiger charge is -2.17. The number of hydrogen-bond donors (Lipinski definition) is 2. The second-order valence-electron chi connectivity index (χ2n) is 6.38. The van der Waals surface area contributed by atoms with E-state index in [0.29, 0.717) is 17.2 Å². The third-order valence-electron chi connectivity index (χ3n) is 4.36. The van der Waals surface area contributed by atoms with Crippen LogP contribution in [0.1, 0.15) is 23.6 Å². The molecule has 3 rings (SSSR count). The highest BCUT2D eigenvalue weighted by Crippen LogP contribution is 2.32. The van der Waals surface area contributed by atoms with Gasteiger partial charge in [0.1, 0.15) is 5.75 Å². The maximum Gasteiger partial charge on any atom is 0.279 e. The van der Waals surface area contributed by atoms with Crippen LogP contribution in [0.4, 0.5) is 0 Å². The minimum atomic E-state index is -0.765. The Balaban J connectivity index is 1.49. The molecule has 0 aromatic heterocycles. The fourth-order valence-electron chi connectivity index (χ4n) is 2.55. The van der Waals surface area contributed by atoms with Gasteiger partial charge in [0.15, 0.2) is 17.6 Å². The van der Waals surface area contributed by atoms with Crippen molar-refractivity contribution in [3.8, 4) is 17.2 Å². The molecule has 0 aliphatic carbocycles. The molecule has 0 radical (unpaired) electrons. The predicted molar refractivity (Wildman–Crippen MR) is 104 cm³/mol. The zero-order valence-electron chi connectivity index (χ0n) is 15.9. The molecule has 1 aliphatic rings. The Morgan fingerprint density at radius 2 is 1.89 bits per heavy atom. The Morgan fingerprint density at radius 3 is 2.71 bits per heavy atom. The number of fused-ring (bicyclic) bond motifs is 1. The minimum Gasteiger partial charge on any atom is -0.481 e. The van der Waals surface area contributed by atoms with Crippen LogP contribution >= 0.6 is 0 Å². The van der Waals surface area contributed by atoms with E-state index in [1.54, 1.807) is 37.3 Å². The number of carbonyl (C=O) groups excluding carboxylic acids is 2. The summed E-state index contributed by atoms with van der Waals surface area (Å²) in [5.74, 6) is 1.02. The molecule has 0 unspecified atom stereocenters. The normalized spacial score (nSPS) is 13.2. The van der Waals surface area contributed by atoms with Gasteiger partial charge in [0, 0.05) is 6.08 Å². The van der Waals surface area contributed by atoms with Crippen molar-refractivity contribution in [1.82, 2.24) is 10.9 Å². The number of hydrogen-bond acceptors (Lipinski definition) is 5. The Kier molecular flexibility index (Phi) is 5.84. The molecule has 0 spiro atoms. The van der Waals surface area contributed by atoms with Crippen molar-refractivity contribution in [3.05, 3.63) is 59.2 Å². The Hall–Kier alpha value is -3.48. The van der Waals surface area contributed by atoms with E-state index in [0.717, 1.165) is 16.7 Å². The van der Waals surface area contributed by atoms with Crippen LogP contribution in [0.25, 0.3) is 6.08 Å². The van der Waals surface area contributed by atoms with E-state index in [9.17, 15) is 9.59 Å². The van der Waals surface area contributed by atoms with Crippen LogP contribution in [0.2, 0.25) is 0 Å². The SMILES string of the molecule is Cc1cccc(O[C@H](C)C(=O)NNC(=O)/C=C/c2ccc3c(c2)OCO3)c1C. The molecular formula is C21H22N2O5. The molecule has 0 saturated carbocycles. The summed E-state index contributed by atoms with van der Waals surface area (Å²) in [6.07, 6.45) is 2.16. The lowest BCUT2D eigenvalue weighted by atomic mass is 10.1. The van der Waals surface area contributed by atoms with E-state index in [4.69, 9.17) is 14.2 Å². The van der Waals surface area contributed by atoms with E-state index in [2.05, 4.69) is 10.9 Å². The first-order chi connectivity index (χ1) is 13.4. The second kappa shape index (κ2) is 8.47. The molecule has 2 amide bonds. The fraction of sp³-hybridized carbons (Fsp3) is 0.238. The van der Waals surface area contributed by atoms with Crippen LogP contribution in [0.3, 0.4) is 0 Å². The van der Waals surface area contributed by atoms with Crippen molar-refractivity contribution in [2.75, 3.05) is 6.79 Å². The standard InChI is InChI=1S/C21H22N2O5/c1-13-5-4-6-17(14(13)2)28-15(3)21(25)23-22-20(24)10-8-16-7-9-18-19(11-16)27-12-26-18/h4-11,15H,12H2,1-3H3,(H,22,24)(H,23,25)/b10-8+/t15-/m1/s1. The highest BCUT2D eigenvalue weighted by molar-refractivity contribution is 5.93. The lowest BCUT2D eigenvalue weighted by Crippen LogP contribution is -2.46. The number of carbonyl (C=O) groups is 2. The summed E-state index contributed by atoms with van der Waals surface area (Å²) in [4.78, 5) is 24.1. The third kappa shape index (κ3) is 4.62. The van der Waals surface area contributed by atoms with Gasteiger partial charge in [0.05, 0.1) is 0 Å². The Morgan fingerprint density at radius 1 is 1.11 bits per heavy atom. The minimum absolute atomic E-state index is 0.192. The first-order valence-electron chi connectivity index (χ1n) is 8.84. The van der Waals surface area contributed by atoms with Gasteiger partial charge >= 0.3 is 0 Å². The summed E-state index contributed by atoms with van der Waals surface area (Å²) in [6.45, 7) is 5.71. The molecule has 7 heteroatoms. The van der Waals surface area contributed by atoms with Gasteiger partial charge in [-0.15, -0.1) is 0 Å². The molecule has 2 aromatic carbocycles. The molecule has 7 nitrogen and oxygen atoms in total. The summed E-state index contributed by atoms with van der Waals surface area (Å²) in [6, 6.07) is 11.0. The van der Waals surface area contributed by atoms with Crippen molar-refractivity contribution in [2.24, 2.45) is 0 Å². The van der Waals surface area contributed by atoms with Crippen molar-refractivity contribution in [1.29, 1.82) is 0 Å². The number of benzene rings is 2. The van der Waals surface area contributed by atoms with Crippen LogP contribution in [-0.4, -0.2) is 24.7 Å². The van der Waals surface area contributed by atoms with E-state index in [-0.39, 0.29) is 6.79 Å². The monoisotopic (exact) mass is 382 g/mol. The number of ether oxygens (including phenoxy) is 3. The number of hydrazine groups is 1. The topological polar surface area (TPSA) is 85.9 Å². The molecular weight excluding hydrogens is 360 g/mol. The van der Waals surface area contributed by atoms with Crippen LogP contribution in [0.5, 0.6) is 17.2 Å². The molecule has 2 N–H and O–H groups in total. The Labute approximate surface area is 163 Å². The van der Waals surface area contributed by atoms with Gasteiger partial charge in [0.2, 0.25) is 6.79 Å². The predicted octanol–water partition coefficient (Wildman–Crippen LogP) is 2.66. The lowest BCUT2D eigenvalue weighted by molar-refractivity contribution is -0.131. The second-order valence-corrected chi connectivity index (χ2v) is 6.38. The zero-order valence-corrected chi connectivity index (χ0v) is 15.9. The van der Waals surface area contributed by atoms with Crippen molar-refractivity contribution in [2.45, 2.75) is 26.9 Å². The van der Waals surface area contributed by atoms with Gasteiger partial charge < -0.3 is 14.2 Å². The first-order valence-corrected chi connectivity index (χ1v) is 8.84. The maximum absolute atomic E-state index is 12.1. The largest absolute Gasteiger partial charge is 0.481 e. The van der Waals surface area contributed by atoms with Crippen LogP contribution in [-0.2, 0) is 9.59 Å². The molecule has 146 valence electrons. The molecule has 1 heterocycles. The summed E-state index contributed by atoms with van der Waals surface area (Å²) in [5, 5.41) is 0. The fourth-order valence-corrected chi connectivity index (χ4v) is 2.55. The molecule has 1 aliphatic heterocycles. The highest BCUT2D eigenvalue weighted by Gasteiger charge is 2.16. The average Bonchev–Trinajstić information content (AvgIpc) is 3.15. The summed E-state index contributed by atoms with van der Waals surface area (Å²) >= 11 is 0. The number of nitrogens with one attached hydrogen (secondary N) is 2. The molecule has 28 heavy (non-hydrogen) atoms. The number of rotatable bonds is 5. The molecule has 0 fully saturated rings. The van der Waals surface area contributed by atoms with Gasteiger partial charge in [-0.25, -0.2) is 0 Å². The molecule has 2 aromatic rings. The first kappa shape index (κ1) is 19.3. The van der Waals surface area contributed by atoms with Gasteiger partial charge in [0.25, 0.3) is 11.8 Å². The van der Waals surface area contributed by atoms with E-state index >= 15 is 0 Å².